The molecule has 5 rings (SSSR count). The molecule has 1 saturated heterocycles. The molecule has 1 aromatic heterocycles. The Morgan fingerprint density at radius 2 is 2.04 bits per heavy atom. The quantitative estimate of drug-likeness (QED) is 0.711. The Hall–Kier alpha value is -1.41. The monoisotopic (exact) mass is 464 g/mol. The van der Waals surface area contributed by atoms with Gasteiger partial charge < -0.3 is 4.74 Å². The number of halogens is 2. The molecule has 5 nitrogen and oxygen atoms in total. The van der Waals surface area contributed by atoms with Crippen LogP contribution in [0.2, 0.25) is 5.02 Å². The lowest BCUT2D eigenvalue weighted by Crippen LogP contribution is -2.44. The summed E-state index contributed by atoms with van der Waals surface area (Å²) < 4.78 is 6.62. The van der Waals surface area contributed by atoms with Crippen molar-refractivity contribution in [2.45, 2.75) is 19.0 Å². The topological polar surface area (TPSA) is 49.2 Å². The average Bonchev–Trinajstić information content (AvgIpc) is 3.24. The van der Waals surface area contributed by atoms with Crippen LogP contribution in [-0.4, -0.2) is 37.5 Å². The van der Waals surface area contributed by atoms with Gasteiger partial charge in [0.05, 0.1) is 16.0 Å². The summed E-state index contributed by atoms with van der Waals surface area (Å²) >= 11 is 11.9. The third-order valence-electron chi connectivity index (χ3n) is 5.18. The second kappa shape index (κ2) is 7.20. The number of thiophene rings is 1. The molecular formula is C19H18BrClN4OS. The van der Waals surface area contributed by atoms with Gasteiger partial charge in [0.25, 0.3) is 0 Å². The molecule has 0 amide bonds. The summed E-state index contributed by atoms with van der Waals surface area (Å²) in [5, 5.41) is 6.59. The lowest BCUT2D eigenvalue weighted by molar-refractivity contribution is 0.0825. The SMILES string of the molecule is Clc1ccccc1C1=NCC2NN=C(C3CCOCC3)N2c2sc(Br)cc21. The Kier molecular flexibility index (Phi) is 4.71. The zero-order valence-corrected chi connectivity index (χ0v) is 17.6. The van der Waals surface area contributed by atoms with Crippen LogP contribution in [0, 0.1) is 5.92 Å². The van der Waals surface area contributed by atoms with Crippen molar-refractivity contribution in [3.63, 3.8) is 0 Å². The van der Waals surface area contributed by atoms with Gasteiger partial charge in [-0.2, -0.15) is 5.10 Å². The maximum atomic E-state index is 6.50. The summed E-state index contributed by atoms with van der Waals surface area (Å²) in [5.74, 6) is 1.52. The first-order valence-electron chi connectivity index (χ1n) is 9.01. The molecule has 27 heavy (non-hydrogen) atoms. The minimum Gasteiger partial charge on any atom is -0.381 e. The molecule has 0 spiro atoms. The highest BCUT2D eigenvalue weighted by atomic mass is 79.9. The zero-order chi connectivity index (χ0) is 18.4. The second-order valence-corrected chi connectivity index (χ2v) is 9.63. The van der Waals surface area contributed by atoms with Crippen LogP contribution in [-0.2, 0) is 4.74 Å². The molecule has 2 aromatic rings. The summed E-state index contributed by atoms with van der Waals surface area (Å²) in [6.45, 7) is 2.21. The third-order valence-corrected chi connectivity index (χ3v) is 7.15. The maximum absolute atomic E-state index is 6.50. The van der Waals surface area contributed by atoms with E-state index in [0.29, 0.717) is 12.5 Å². The first-order valence-corrected chi connectivity index (χ1v) is 11.0. The largest absolute Gasteiger partial charge is 0.381 e. The Labute approximate surface area is 175 Å². The molecule has 0 saturated carbocycles. The van der Waals surface area contributed by atoms with Crippen molar-refractivity contribution < 1.29 is 4.74 Å². The van der Waals surface area contributed by atoms with Crippen molar-refractivity contribution in [3.05, 3.63) is 50.3 Å². The van der Waals surface area contributed by atoms with Gasteiger partial charge in [0.2, 0.25) is 0 Å². The molecule has 4 heterocycles. The van der Waals surface area contributed by atoms with E-state index in [-0.39, 0.29) is 6.17 Å². The highest BCUT2D eigenvalue weighted by Gasteiger charge is 2.39. The van der Waals surface area contributed by atoms with E-state index >= 15 is 0 Å². The van der Waals surface area contributed by atoms with Crippen LogP contribution < -0.4 is 10.3 Å². The summed E-state index contributed by atoms with van der Waals surface area (Å²) in [5.41, 5.74) is 6.32. The number of nitrogens with one attached hydrogen (secondary N) is 1. The molecule has 1 unspecified atom stereocenters. The predicted octanol–water partition coefficient (Wildman–Crippen LogP) is 4.49. The van der Waals surface area contributed by atoms with Crippen LogP contribution >= 0.6 is 38.9 Å². The highest BCUT2D eigenvalue weighted by molar-refractivity contribution is 9.11. The van der Waals surface area contributed by atoms with E-state index in [1.54, 1.807) is 11.3 Å². The number of aliphatic imine (C=N–C) groups is 1. The Morgan fingerprint density at radius 1 is 1.22 bits per heavy atom. The number of rotatable bonds is 2. The van der Waals surface area contributed by atoms with E-state index in [1.165, 1.54) is 5.00 Å². The highest BCUT2D eigenvalue weighted by Crippen LogP contribution is 2.42. The molecule has 8 heteroatoms. The van der Waals surface area contributed by atoms with Crippen LogP contribution in [0.1, 0.15) is 24.0 Å². The number of hydrazone groups is 1. The van der Waals surface area contributed by atoms with Gasteiger partial charge in [0.1, 0.15) is 17.0 Å². The number of anilines is 1. The first kappa shape index (κ1) is 17.7. The van der Waals surface area contributed by atoms with Crippen LogP contribution in [0.4, 0.5) is 5.00 Å². The van der Waals surface area contributed by atoms with E-state index in [2.05, 4.69) is 32.3 Å². The fourth-order valence-corrected chi connectivity index (χ4v) is 5.73. The summed E-state index contributed by atoms with van der Waals surface area (Å²) in [6.07, 6.45) is 2.04. The van der Waals surface area contributed by atoms with Crippen LogP contribution in [0.25, 0.3) is 0 Å². The van der Waals surface area contributed by atoms with E-state index in [1.807, 2.05) is 24.3 Å². The van der Waals surface area contributed by atoms with Crippen molar-refractivity contribution in [1.29, 1.82) is 0 Å². The predicted molar refractivity (Wildman–Crippen MR) is 114 cm³/mol. The molecule has 1 fully saturated rings. The average molecular weight is 466 g/mol. The maximum Gasteiger partial charge on any atom is 0.141 e. The molecule has 0 bridgehead atoms. The van der Waals surface area contributed by atoms with Gasteiger partial charge in [-0.1, -0.05) is 29.8 Å². The molecule has 1 aromatic carbocycles. The van der Waals surface area contributed by atoms with Gasteiger partial charge in [-0.25, -0.2) is 0 Å². The van der Waals surface area contributed by atoms with Crippen molar-refractivity contribution in [2.24, 2.45) is 16.0 Å². The molecule has 0 aliphatic carbocycles. The van der Waals surface area contributed by atoms with Crippen molar-refractivity contribution in [1.82, 2.24) is 5.43 Å². The van der Waals surface area contributed by atoms with Gasteiger partial charge in [-0.3, -0.25) is 15.3 Å². The summed E-state index contributed by atoms with van der Waals surface area (Å²) in [4.78, 5) is 7.29. The van der Waals surface area contributed by atoms with E-state index in [0.717, 1.165) is 57.5 Å². The van der Waals surface area contributed by atoms with Crippen molar-refractivity contribution in [2.75, 3.05) is 24.7 Å². The number of fused-ring (bicyclic) bond motifs is 3. The van der Waals surface area contributed by atoms with Crippen LogP contribution in [0.15, 0.2) is 44.2 Å². The van der Waals surface area contributed by atoms with E-state index in [9.17, 15) is 0 Å². The smallest absolute Gasteiger partial charge is 0.141 e. The minimum absolute atomic E-state index is 0.0344. The normalized spacial score (nSPS) is 22.4. The van der Waals surface area contributed by atoms with Crippen molar-refractivity contribution in [3.8, 4) is 0 Å². The third kappa shape index (κ3) is 3.10. The Balaban J connectivity index is 1.59. The van der Waals surface area contributed by atoms with E-state index in [4.69, 9.17) is 26.4 Å². The standard InChI is InChI=1S/C19H18BrClN4OS/c20-15-9-13-17(12-3-1-2-4-14(12)21)22-10-16-23-24-18(25(16)19(13)27-15)11-5-7-26-8-6-11/h1-4,9,11,16,23H,5-8,10H2. The minimum atomic E-state index is 0.0344. The van der Waals surface area contributed by atoms with Gasteiger partial charge in [0, 0.05) is 35.3 Å². The number of hydrogen-bond donors (Lipinski definition) is 1. The molecule has 1 N–H and O–H groups in total. The van der Waals surface area contributed by atoms with Crippen LogP contribution in [0.5, 0.6) is 0 Å². The number of hydrogen-bond acceptors (Lipinski definition) is 6. The number of benzene rings is 1. The fourth-order valence-electron chi connectivity index (χ4n) is 3.87. The number of ether oxygens (including phenoxy) is 1. The molecule has 140 valence electrons. The Bertz CT molecular complexity index is 938. The first-order chi connectivity index (χ1) is 13.2. The number of nitrogens with zero attached hydrogens (tertiary/aromatic N) is 3. The fraction of sp³-hybridized carbons (Fsp3) is 0.368. The second-order valence-electron chi connectivity index (χ2n) is 6.81. The zero-order valence-electron chi connectivity index (χ0n) is 14.5. The summed E-state index contributed by atoms with van der Waals surface area (Å²) in [6, 6.07) is 10.0. The summed E-state index contributed by atoms with van der Waals surface area (Å²) in [7, 11) is 0. The van der Waals surface area contributed by atoms with Crippen molar-refractivity contribution >= 4 is 55.4 Å². The lowest BCUT2D eigenvalue weighted by Gasteiger charge is -2.30. The van der Waals surface area contributed by atoms with E-state index < -0.39 is 0 Å². The van der Waals surface area contributed by atoms with Gasteiger partial charge in [0.15, 0.2) is 0 Å². The molecular weight excluding hydrogens is 448 g/mol. The molecule has 3 aliphatic heterocycles. The molecule has 0 radical (unpaired) electrons. The van der Waals surface area contributed by atoms with Gasteiger partial charge in [-0.15, -0.1) is 11.3 Å². The van der Waals surface area contributed by atoms with Gasteiger partial charge in [-0.05, 0) is 40.9 Å². The molecule has 1 atom stereocenters. The lowest BCUT2D eigenvalue weighted by atomic mass is 9.97. The number of amidine groups is 1. The Morgan fingerprint density at radius 3 is 2.85 bits per heavy atom. The van der Waals surface area contributed by atoms with Crippen LogP contribution in [0.3, 0.4) is 0 Å². The molecule has 3 aliphatic rings. The van der Waals surface area contributed by atoms with Gasteiger partial charge >= 0.3 is 0 Å².